The van der Waals surface area contributed by atoms with E-state index in [9.17, 15) is 4.79 Å². The monoisotopic (exact) mass is 480 g/mol. The molecule has 1 amide bonds. The van der Waals surface area contributed by atoms with Gasteiger partial charge < -0.3 is 15.4 Å². The predicted molar refractivity (Wildman–Crippen MR) is 138 cm³/mol. The number of fused-ring (bicyclic) bond motifs is 2. The van der Waals surface area contributed by atoms with Crippen molar-refractivity contribution >= 4 is 22.8 Å². The fourth-order valence-electron chi connectivity index (χ4n) is 5.74. The highest BCUT2D eigenvalue weighted by atomic mass is 16.5. The van der Waals surface area contributed by atoms with Crippen LogP contribution in [0.1, 0.15) is 25.3 Å². The lowest BCUT2D eigenvalue weighted by Crippen LogP contribution is -2.41. The molecule has 2 aromatic heterocycles. The second kappa shape index (κ2) is 9.11. The van der Waals surface area contributed by atoms with Gasteiger partial charge in [0, 0.05) is 18.7 Å². The normalized spacial score (nSPS) is 21.3. The number of nitrogens with two attached hydrogens (primary N) is 1. The minimum absolute atomic E-state index is 0.0175. The number of anilines is 1. The van der Waals surface area contributed by atoms with Gasteiger partial charge in [0.15, 0.2) is 5.65 Å². The molecule has 36 heavy (non-hydrogen) atoms. The van der Waals surface area contributed by atoms with Crippen molar-refractivity contribution in [3.05, 3.63) is 73.6 Å². The summed E-state index contributed by atoms with van der Waals surface area (Å²) in [4.78, 5) is 22.9. The number of hydrogen-bond donors (Lipinski definition) is 1. The lowest BCUT2D eigenvalue weighted by Gasteiger charge is -2.34. The second-order valence-electron chi connectivity index (χ2n) is 9.61. The number of para-hydroxylation sites is 1. The van der Waals surface area contributed by atoms with Gasteiger partial charge in [-0.2, -0.15) is 5.10 Å². The van der Waals surface area contributed by atoms with Crippen molar-refractivity contribution in [2.45, 2.75) is 25.3 Å². The first-order chi connectivity index (χ1) is 17.6. The summed E-state index contributed by atoms with van der Waals surface area (Å²) in [6, 6.07) is 17.7. The number of aromatic nitrogens is 4. The first-order valence-corrected chi connectivity index (χ1v) is 12.3. The molecule has 2 N–H and O–H groups in total. The van der Waals surface area contributed by atoms with E-state index in [2.05, 4.69) is 16.5 Å². The molecule has 6 rings (SSSR count). The zero-order valence-corrected chi connectivity index (χ0v) is 20.0. The van der Waals surface area contributed by atoms with Gasteiger partial charge in [0.05, 0.1) is 11.4 Å². The number of carbonyl (C=O) groups is 1. The van der Waals surface area contributed by atoms with Crippen LogP contribution < -0.4 is 10.5 Å². The van der Waals surface area contributed by atoms with Gasteiger partial charge in [-0.3, -0.25) is 4.79 Å². The number of nitrogens with zero attached hydrogens (tertiary/aromatic N) is 5. The number of amides is 1. The molecule has 1 saturated carbocycles. The lowest BCUT2D eigenvalue weighted by atomic mass is 9.89. The summed E-state index contributed by atoms with van der Waals surface area (Å²) in [6.45, 7) is 5.21. The number of piperidine rings is 1. The van der Waals surface area contributed by atoms with Crippen LogP contribution in [0.2, 0.25) is 0 Å². The highest BCUT2D eigenvalue weighted by Crippen LogP contribution is 2.45. The molecule has 0 bridgehead atoms. The molecule has 1 aliphatic heterocycles. The van der Waals surface area contributed by atoms with Gasteiger partial charge in [-0.15, -0.1) is 0 Å². The molecule has 8 heteroatoms. The summed E-state index contributed by atoms with van der Waals surface area (Å²) in [5.74, 6) is 2.99. The van der Waals surface area contributed by atoms with E-state index in [1.807, 2.05) is 64.2 Å². The van der Waals surface area contributed by atoms with Gasteiger partial charge in [-0.05, 0) is 73.6 Å². The van der Waals surface area contributed by atoms with Crippen LogP contribution in [0.4, 0.5) is 5.82 Å². The predicted octanol–water partition coefficient (Wildman–Crippen LogP) is 4.85. The largest absolute Gasteiger partial charge is 0.457 e. The van der Waals surface area contributed by atoms with E-state index >= 15 is 0 Å². The zero-order chi connectivity index (χ0) is 24.6. The van der Waals surface area contributed by atoms with E-state index < -0.39 is 0 Å². The van der Waals surface area contributed by atoms with Crippen molar-refractivity contribution in [2.24, 2.45) is 11.8 Å². The number of nitrogen functional groups attached to an aromatic ring is 1. The van der Waals surface area contributed by atoms with Gasteiger partial charge in [0.2, 0.25) is 5.91 Å². The van der Waals surface area contributed by atoms with Crippen LogP contribution in [-0.4, -0.2) is 43.6 Å². The fourth-order valence-corrected chi connectivity index (χ4v) is 5.74. The summed E-state index contributed by atoms with van der Waals surface area (Å²) >= 11 is 0. The van der Waals surface area contributed by atoms with Crippen molar-refractivity contribution in [1.82, 2.24) is 24.6 Å². The number of carbonyl (C=O) groups excluding carboxylic acids is 1. The van der Waals surface area contributed by atoms with Gasteiger partial charge >= 0.3 is 0 Å². The van der Waals surface area contributed by atoms with Gasteiger partial charge in [0.1, 0.15) is 29.3 Å². The Labute approximate surface area is 209 Å². The Balaban J connectivity index is 1.30. The van der Waals surface area contributed by atoms with Crippen LogP contribution in [-0.2, 0) is 4.79 Å². The average Bonchev–Trinajstić information content (AvgIpc) is 3.51. The highest BCUT2D eigenvalue weighted by Gasteiger charge is 2.40. The number of benzene rings is 2. The quantitative estimate of drug-likeness (QED) is 0.410. The SMILES string of the molecule is C=CC(=O)N1CCC2CC(n3nc(-c4ccc(Oc5ccccc5)cc4)c4c(N)ncnc43)CC2C1. The maximum Gasteiger partial charge on any atom is 0.245 e. The Morgan fingerprint density at radius 2 is 1.78 bits per heavy atom. The molecule has 182 valence electrons. The van der Waals surface area contributed by atoms with Gasteiger partial charge in [-0.25, -0.2) is 14.6 Å². The Hall–Kier alpha value is -4.20. The van der Waals surface area contributed by atoms with Crippen molar-refractivity contribution in [3.63, 3.8) is 0 Å². The third-order valence-electron chi connectivity index (χ3n) is 7.50. The van der Waals surface area contributed by atoms with E-state index in [1.165, 1.54) is 12.4 Å². The Morgan fingerprint density at radius 3 is 2.56 bits per heavy atom. The van der Waals surface area contributed by atoms with E-state index in [-0.39, 0.29) is 11.9 Å². The van der Waals surface area contributed by atoms with Crippen LogP contribution in [0.3, 0.4) is 0 Å². The average molecular weight is 481 g/mol. The van der Waals surface area contributed by atoms with Crippen LogP contribution in [0.25, 0.3) is 22.3 Å². The van der Waals surface area contributed by atoms with E-state index in [4.69, 9.17) is 15.6 Å². The smallest absolute Gasteiger partial charge is 0.245 e. The minimum atomic E-state index is 0.0175. The third kappa shape index (κ3) is 3.98. The van der Waals surface area contributed by atoms with Crippen molar-refractivity contribution in [1.29, 1.82) is 0 Å². The first kappa shape index (κ1) is 22.3. The topological polar surface area (TPSA) is 99.2 Å². The van der Waals surface area contributed by atoms with Gasteiger partial charge in [0.25, 0.3) is 0 Å². The lowest BCUT2D eigenvalue weighted by molar-refractivity contribution is -0.128. The number of hydrogen-bond acceptors (Lipinski definition) is 6. The summed E-state index contributed by atoms with van der Waals surface area (Å²) in [7, 11) is 0. The number of ether oxygens (including phenoxy) is 1. The fraction of sp³-hybridized carbons (Fsp3) is 0.286. The zero-order valence-electron chi connectivity index (χ0n) is 20.0. The summed E-state index contributed by atoms with van der Waals surface area (Å²) < 4.78 is 7.98. The molecule has 1 saturated heterocycles. The second-order valence-corrected chi connectivity index (χ2v) is 9.61. The molecule has 2 fully saturated rings. The van der Waals surface area contributed by atoms with E-state index in [1.54, 1.807) is 0 Å². The molecule has 0 spiro atoms. The molecule has 8 nitrogen and oxygen atoms in total. The molecule has 1 aliphatic carbocycles. The molecule has 2 aliphatic rings. The highest BCUT2D eigenvalue weighted by molar-refractivity contribution is 5.98. The van der Waals surface area contributed by atoms with Gasteiger partial charge in [-0.1, -0.05) is 24.8 Å². The molecule has 2 aromatic carbocycles. The molecular formula is C28H28N6O2. The summed E-state index contributed by atoms with van der Waals surface area (Å²) in [6.07, 6.45) is 5.89. The molecule has 3 heterocycles. The summed E-state index contributed by atoms with van der Waals surface area (Å²) in [5.41, 5.74) is 8.79. The molecule has 0 radical (unpaired) electrons. The molecular weight excluding hydrogens is 452 g/mol. The standard InChI is InChI=1S/C28H28N6O2/c1-2-24(35)33-13-12-19-14-21(15-20(19)16-33)34-28-25(27(29)30-17-31-28)26(32-34)18-8-10-23(11-9-18)36-22-6-4-3-5-7-22/h2-11,17,19-21H,1,12-16H2,(H2,29,30,31). The minimum Gasteiger partial charge on any atom is -0.457 e. The van der Waals surface area contributed by atoms with Crippen molar-refractivity contribution < 1.29 is 9.53 Å². The molecule has 4 aromatic rings. The van der Waals surface area contributed by atoms with Crippen molar-refractivity contribution in [2.75, 3.05) is 18.8 Å². The molecule has 3 unspecified atom stereocenters. The number of rotatable bonds is 5. The van der Waals surface area contributed by atoms with E-state index in [0.29, 0.717) is 17.7 Å². The van der Waals surface area contributed by atoms with E-state index in [0.717, 1.165) is 66.1 Å². The number of likely N-dealkylation sites (tertiary alicyclic amines) is 1. The Kier molecular flexibility index (Phi) is 5.64. The van der Waals surface area contributed by atoms with Crippen LogP contribution >= 0.6 is 0 Å². The van der Waals surface area contributed by atoms with Crippen molar-refractivity contribution in [3.8, 4) is 22.8 Å². The Bertz CT molecular complexity index is 1420. The maximum atomic E-state index is 12.2. The van der Waals surface area contributed by atoms with Crippen LogP contribution in [0.15, 0.2) is 73.6 Å². The van der Waals surface area contributed by atoms with Crippen LogP contribution in [0, 0.1) is 11.8 Å². The first-order valence-electron chi connectivity index (χ1n) is 12.3. The third-order valence-corrected chi connectivity index (χ3v) is 7.50. The maximum absolute atomic E-state index is 12.2. The molecule has 3 atom stereocenters. The summed E-state index contributed by atoms with van der Waals surface area (Å²) in [5, 5.41) is 5.81. The Morgan fingerprint density at radius 1 is 1.03 bits per heavy atom. The van der Waals surface area contributed by atoms with Crippen LogP contribution in [0.5, 0.6) is 11.5 Å².